The number of ether oxygens (including phenoxy) is 3. The van der Waals surface area contributed by atoms with Gasteiger partial charge >= 0.3 is 5.97 Å². The van der Waals surface area contributed by atoms with Gasteiger partial charge in [-0.25, -0.2) is 9.37 Å². The number of benzene rings is 2. The molecule has 0 fully saturated rings. The van der Waals surface area contributed by atoms with E-state index in [1.165, 1.54) is 49.5 Å². The van der Waals surface area contributed by atoms with Gasteiger partial charge in [0.05, 0.1) is 38.1 Å². The van der Waals surface area contributed by atoms with Gasteiger partial charge in [-0.15, -0.1) is 0 Å². The molecule has 0 aliphatic carbocycles. The predicted molar refractivity (Wildman–Crippen MR) is 157 cm³/mol. The van der Waals surface area contributed by atoms with Crippen molar-refractivity contribution in [3.63, 3.8) is 0 Å². The van der Waals surface area contributed by atoms with Crippen molar-refractivity contribution in [2.24, 2.45) is 5.73 Å². The predicted octanol–water partition coefficient (Wildman–Crippen LogP) is 3.13. The maximum Gasteiger partial charge on any atom is 0.317 e. The number of pyridine rings is 1. The first kappa shape index (κ1) is 33.7. The number of aliphatic carboxylic acids is 1. The molecule has 0 aliphatic rings. The Labute approximate surface area is 253 Å². The average molecular weight is 620 g/mol. The number of carbonyl (C=O) groups is 2. The first-order chi connectivity index (χ1) is 20.5. The van der Waals surface area contributed by atoms with E-state index in [0.717, 1.165) is 0 Å². The SMILES string of the molecule is COc1cc(C(=O)CCC(O)(CN(CCN)CC(=O)O)c2ccc(OC)c(-c3ccc(F)c(Cl)c3)n2)ccc1OCCO. The zero-order valence-electron chi connectivity index (χ0n) is 23.9. The van der Waals surface area contributed by atoms with Crippen LogP contribution in [0.2, 0.25) is 5.02 Å². The van der Waals surface area contributed by atoms with E-state index in [-0.39, 0.29) is 67.9 Å². The summed E-state index contributed by atoms with van der Waals surface area (Å²) < 4.78 is 30.1. The Morgan fingerprint density at radius 1 is 1.07 bits per heavy atom. The summed E-state index contributed by atoms with van der Waals surface area (Å²) in [5, 5.41) is 30.4. The van der Waals surface area contributed by atoms with Crippen LogP contribution in [0.3, 0.4) is 0 Å². The molecule has 0 saturated carbocycles. The molecule has 43 heavy (non-hydrogen) atoms. The zero-order valence-corrected chi connectivity index (χ0v) is 24.6. The molecule has 5 N–H and O–H groups in total. The van der Waals surface area contributed by atoms with Crippen LogP contribution in [0.5, 0.6) is 17.2 Å². The topological polar surface area (TPSA) is 165 Å². The number of aliphatic hydroxyl groups is 2. The molecular formula is C30H35ClFN3O8. The molecule has 1 aromatic heterocycles. The second kappa shape index (κ2) is 15.6. The molecule has 0 aliphatic heterocycles. The highest BCUT2D eigenvalue weighted by atomic mass is 35.5. The molecule has 13 heteroatoms. The Bertz CT molecular complexity index is 1430. The number of carboxylic acid groups (broad SMARTS) is 1. The molecular weight excluding hydrogens is 585 g/mol. The number of carboxylic acids is 1. The molecule has 232 valence electrons. The van der Waals surface area contributed by atoms with E-state index < -0.39 is 23.9 Å². The van der Waals surface area contributed by atoms with E-state index in [0.29, 0.717) is 28.4 Å². The minimum Gasteiger partial charge on any atom is -0.494 e. The molecule has 0 bridgehead atoms. The first-order valence-electron chi connectivity index (χ1n) is 13.4. The molecule has 0 amide bonds. The van der Waals surface area contributed by atoms with E-state index in [1.54, 1.807) is 18.2 Å². The Morgan fingerprint density at radius 2 is 1.79 bits per heavy atom. The summed E-state index contributed by atoms with van der Waals surface area (Å²) in [5.74, 6) is -1.09. The van der Waals surface area contributed by atoms with Gasteiger partial charge in [0.1, 0.15) is 29.5 Å². The summed E-state index contributed by atoms with van der Waals surface area (Å²) in [7, 11) is 2.85. The maximum atomic E-state index is 13.9. The second-order valence-corrected chi connectivity index (χ2v) is 10.1. The van der Waals surface area contributed by atoms with Gasteiger partial charge in [-0.1, -0.05) is 11.6 Å². The molecule has 3 aromatic rings. The van der Waals surface area contributed by atoms with Crippen LogP contribution in [-0.4, -0.2) is 90.6 Å². The van der Waals surface area contributed by atoms with Gasteiger partial charge in [0.2, 0.25) is 0 Å². The van der Waals surface area contributed by atoms with Gasteiger partial charge in [0.25, 0.3) is 0 Å². The molecule has 0 spiro atoms. The highest BCUT2D eigenvalue weighted by Crippen LogP contribution is 2.36. The minimum absolute atomic E-state index is 0.0489. The summed E-state index contributed by atoms with van der Waals surface area (Å²) >= 11 is 6.01. The van der Waals surface area contributed by atoms with Gasteiger partial charge in [0.15, 0.2) is 17.3 Å². The summed E-state index contributed by atoms with van der Waals surface area (Å²) in [5.41, 5.74) is 5.01. The van der Waals surface area contributed by atoms with Crippen LogP contribution in [-0.2, 0) is 10.4 Å². The lowest BCUT2D eigenvalue weighted by Crippen LogP contribution is -2.45. The van der Waals surface area contributed by atoms with Gasteiger partial charge < -0.3 is 35.3 Å². The Hall–Kier alpha value is -3.81. The fourth-order valence-electron chi connectivity index (χ4n) is 4.55. The number of hydrogen-bond donors (Lipinski definition) is 4. The fourth-order valence-corrected chi connectivity index (χ4v) is 4.73. The number of carbonyl (C=O) groups excluding carboxylic acids is 1. The van der Waals surface area contributed by atoms with Crippen molar-refractivity contribution in [3.05, 3.63) is 70.6 Å². The smallest absolute Gasteiger partial charge is 0.317 e. The summed E-state index contributed by atoms with van der Waals surface area (Å²) in [6.45, 7) is -0.470. The number of aliphatic hydroxyl groups excluding tert-OH is 1. The van der Waals surface area contributed by atoms with Crippen molar-refractivity contribution in [1.82, 2.24) is 9.88 Å². The fraction of sp³-hybridized carbons (Fsp3) is 0.367. The van der Waals surface area contributed by atoms with Crippen LogP contribution in [0.15, 0.2) is 48.5 Å². The van der Waals surface area contributed by atoms with E-state index in [2.05, 4.69) is 4.98 Å². The third-order valence-corrected chi connectivity index (χ3v) is 6.93. The molecule has 1 unspecified atom stereocenters. The molecule has 2 aromatic carbocycles. The largest absolute Gasteiger partial charge is 0.494 e. The van der Waals surface area contributed by atoms with E-state index in [1.807, 2.05) is 0 Å². The Balaban J connectivity index is 2.00. The molecule has 11 nitrogen and oxygen atoms in total. The lowest BCUT2D eigenvalue weighted by Gasteiger charge is -2.33. The molecule has 3 rings (SSSR count). The number of hydrogen-bond acceptors (Lipinski definition) is 10. The highest BCUT2D eigenvalue weighted by molar-refractivity contribution is 6.31. The lowest BCUT2D eigenvalue weighted by molar-refractivity contribution is -0.139. The van der Waals surface area contributed by atoms with Crippen molar-refractivity contribution in [2.75, 3.05) is 53.6 Å². The van der Waals surface area contributed by atoms with E-state index in [9.17, 15) is 24.2 Å². The van der Waals surface area contributed by atoms with Gasteiger partial charge in [-0.05, 0) is 55.0 Å². The quantitative estimate of drug-likeness (QED) is 0.164. The monoisotopic (exact) mass is 619 g/mol. The van der Waals surface area contributed by atoms with Crippen molar-refractivity contribution in [2.45, 2.75) is 18.4 Å². The Kier molecular flexibility index (Phi) is 12.2. The Morgan fingerprint density at radius 3 is 2.42 bits per heavy atom. The van der Waals surface area contributed by atoms with Crippen LogP contribution in [0.25, 0.3) is 11.3 Å². The molecule has 0 saturated heterocycles. The number of halogens is 2. The van der Waals surface area contributed by atoms with Crippen molar-refractivity contribution >= 4 is 23.4 Å². The van der Waals surface area contributed by atoms with Crippen LogP contribution < -0.4 is 19.9 Å². The lowest BCUT2D eigenvalue weighted by atomic mass is 9.89. The number of nitrogens with two attached hydrogens (primary N) is 1. The molecule has 1 heterocycles. The molecule has 0 radical (unpaired) electrons. The number of Topliss-reactive ketones (excluding diaryl/α,β-unsaturated/α-hetero) is 1. The van der Waals surface area contributed by atoms with Crippen molar-refractivity contribution in [3.8, 4) is 28.5 Å². The van der Waals surface area contributed by atoms with Crippen molar-refractivity contribution in [1.29, 1.82) is 0 Å². The zero-order chi connectivity index (χ0) is 31.6. The average Bonchev–Trinajstić information content (AvgIpc) is 2.99. The number of rotatable bonds is 17. The number of aromatic nitrogens is 1. The van der Waals surface area contributed by atoms with Gasteiger partial charge in [0, 0.05) is 37.2 Å². The summed E-state index contributed by atoms with van der Waals surface area (Å²) in [4.78, 5) is 31.0. The third kappa shape index (κ3) is 8.85. The van der Waals surface area contributed by atoms with Crippen LogP contribution in [0.1, 0.15) is 28.9 Å². The summed E-state index contributed by atoms with van der Waals surface area (Å²) in [6.07, 6.45) is -0.286. The van der Waals surface area contributed by atoms with E-state index >= 15 is 0 Å². The third-order valence-electron chi connectivity index (χ3n) is 6.64. The van der Waals surface area contributed by atoms with Crippen molar-refractivity contribution < 1.29 is 43.5 Å². The van der Waals surface area contributed by atoms with Crippen LogP contribution in [0, 0.1) is 5.82 Å². The highest BCUT2D eigenvalue weighted by Gasteiger charge is 2.35. The molecule has 1 atom stereocenters. The second-order valence-electron chi connectivity index (χ2n) is 9.66. The first-order valence-corrected chi connectivity index (χ1v) is 13.8. The standard InChI is InChI=1S/C30H35ClFN3O8/c1-41-25-7-8-27(34-29(25)20-3-5-22(32)21(31)15-20)30(40,18-35(12-11-33)17-28(38)39)10-9-23(37)19-4-6-24(43-14-13-36)26(16-19)42-2/h3-8,15-16,36,40H,9-14,17-18,33H2,1-2H3,(H,38,39). The van der Waals surface area contributed by atoms with Gasteiger partial charge in [-0.2, -0.15) is 0 Å². The summed E-state index contributed by atoms with van der Waals surface area (Å²) in [6, 6.07) is 11.7. The number of nitrogens with zero attached hydrogens (tertiary/aromatic N) is 2. The van der Waals surface area contributed by atoms with Crippen LogP contribution >= 0.6 is 11.6 Å². The number of ketones is 1. The maximum absolute atomic E-state index is 13.9. The number of methoxy groups -OCH3 is 2. The minimum atomic E-state index is -1.82. The van der Waals surface area contributed by atoms with Crippen LogP contribution in [0.4, 0.5) is 4.39 Å². The van der Waals surface area contributed by atoms with Gasteiger partial charge in [-0.3, -0.25) is 14.5 Å². The normalized spacial score (nSPS) is 12.6. The van der Waals surface area contributed by atoms with E-state index in [4.69, 9.17) is 36.7 Å².